The molecule has 2 amide bonds. The summed E-state index contributed by atoms with van der Waals surface area (Å²) >= 11 is 0. The molecular weight excluding hydrogens is 288 g/mol. The number of benzene rings is 1. The van der Waals surface area contributed by atoms with Crippen molar-refractivity contribution in [3.63, 3.8) is 0 Å². The van der Waals surface area contributed by atoms with Gasteiger partial charge in [-0.25, -0.2) is 27.2 Å². The number of carbonyl (C=O) groups excluding carboxylic acids is 1. The Bertz CT molecular complexity index is 526. The van der Waals surface area contributed by atoms with Gasteiger partial charge in [-0.3, -0.25) is 0 Å². The summed E-state index contributed by atoms with van der Waals surface area (Å²) in [7, 11) is 0. The maximum atomic E-state index is 13.2. The van der Waals surface area contributed by atoms with Crippen LogP contribution in [0.25, 0.3) is 0 Å². The van der Waals surface area contributed by atoms with Gasteiger partial charge in [-0.2, -0.15) is 0 Å². The molecule has 0 aliphatic rings. The van der Waals surface area contributed by atoms with Crippen molar-refractivity contribution in [1.82, 2.24) is 5.32 Å². The van der Waals surface area contributed by atoms with E-state index in [2.05, 4.69) is 0 Å². The first-order chi connectivity index (χ1) is 9.27. The number of hydrogen-bond acceptors (Lipinski definition) is 3. The zero-order chi connectivity index (χ0) is 15.4. The number of nitrogens with one attached hydrogen (secondary N) is 2. The van der Waals surface area contributed by atoms with Gasteiger partial charge in [-0.1, -0.05) is 0 Å². The number of aliphatic hydroxyl groups excluding tert-OH is 1. The third kappa shape index (κ3) is 3.35. The van der Waals surface area contributed by atoms with Crippen LogP contribution in [-0.4, -0.2) is 34.9 Å². The van der Waals surface area contributed by atoms with Crippen molar-refractivity contribution in [2.24, 2.45) is 0 Å². The minimum atomic E-state index is -1.85. The fourth-order valence-corrected chi connectivity index (χ4v) is 1.18. The lowest BCUT2D eigenvalue weighted by molar-refractivity contribution is -0.140. The van der Waals surface area contributed by atoms with Crippen LogP contribution in [-0.2, 0) is 4.79 Å². The predicted molar refractivity (Wildman–Crippen MR) is 56.9 cm³/mol. The molecule has 0 bridgehead atoms. The van der Waals surface area contributed by atoms with E-state index in [0.717, 1.165) is 0 Å². The van der Waals surface area contributed by atoms with E-state index in [4.69, 9.17) is 10.2 Å². The van der Waals surface area contributed by atoms with Crippen LogP contribution < -0.4 is 10.6 Å². The Morgan fingerprint density at radius 3 is 2.05 bits per heavy atom. The maximum Gasteiger partial charge on any atom is 0.328 e. The van der Waals surface area contributed by atoms with Crippen molar-refractivity contribution in [3.05, 3.63) is 29.3 Å². The molecule has 0 aliphatic carbocycles. The molecule has 0 radical (unpaired) electrons. The van der Waals surface area contributed by atoms with E-state index in [-0.39, 0.29) is 6.07 Å². The normalized spacial score (nSPS) is 11.8. The second kappa shape index (κ2) is 6.19. The highest BCUT2D eigenvalue weighted by atomic mass is 19.2. The molecular formula is C10H8F4N2O4. The Kier molecular flexibility index (Phi) is 4.86. The summed E-state index contributed by atoms with van der Waals surface area (Å²) in [6.07, 6.45) is 0. The van der Waals surface area contributed by atoms with Crippen LogP contribution in [0.3, 0.4) is 0 Å². The summed E-state index contributed by atoms with van der Waals surface area (Å²) in [5, 5.41) is 20.2. The highest BCUT2D eigenvalue weighted by Gasteiger charge is 2.23. The molecule has 110 valence electrons. The van der Waals surface area contributed by atoms with Gasteiger partial charge in [0.15, 0.2) is 29.3 Å². The average Bonchev–Trinajstić information content (AvgIpc) is 2.38. The van der Waals surface area contributed by atoms with Crippen LogP contribution in [0, 0.1) is 23.3 Å². The Morgan fingerprint density at radius 1 is 1.15 bits per heavy atom. The molecule has 0 unspecified atom stereocenters. The molecule has 0 saturated carbocycles. The fraction of sp³-hybridized carbons (Fsp3) is 0.200. The summed E-state index contributed by atoms with van der Waals surface area (Å²) in [5.41, 5.74) is -1.41. The number of carbonyl (C=O) groups is 2. The maximum absolute atomic E-state index is 13.2. The van der Waals surface area contributed by atoms with Gasteiger partial charge in [0, 0.05) is 6.07 Å². The van der Waals surface area contributed by atoms with E-state index in [9.17, 15) is 27.2 Å². The minimum absolute atomic E-state index is 0.0540. The Morgan fingerprint density at radius 2 is 1.65 bits per heavy atom. The predicted octanol–water partition coefficient (Wildman–Crippen LogP) is 0.810. The molecule has 6 nitrogen and oxygen atoms in total. The first-order valence-electron chi connectivity index (χ1n) is 5.02. The Hall–Kier alpha value is -2.36. The van der Waals surface area contributed by atoms with E-state index in [1.165, 1.54) is 5.32 Å². The number of amides is 2. The SMILES string of the molecule is O=C(Nc1c(F)c(F)cc(F)c1F)N[C@@H](CO)C(=O)O. The number of hydrogen-bond donors (Lipinski definition) is 4. The molecule has 0 spiro atoms. The van der Waals surface area contributed by atoms with Gasteiger partial charge in [-0.05, 0) is 0 Å². The molecule has 1 rings (SSSR count). The largest absolute Gasteiger partial charge is 0.480 e. The molecule has 0 aromatic heterocycles. The van der Waals surface area contributed by atoms with Crippen molar-refractivity contribution in [1.29, 1.82) is 0 Å². The lowest BCUT2D eigenvalue weighted by atomic mass is 10.2. The highest BCUT2D eigenvalue weighted by molar-refractivity contribution is 5.92. The smallest absolute Gasteiger partial charge is 0.328 e. The minimum Gasteiger partial charge on any atom is -0.480 e. The second-order valence-electron chi connectivity index (χ2n) is 3.52. The van der Waals surface area contributed by atoms with E-state index in [0.29, 0.717) is 0 Å². The summed E-state index contributed by atoms with van der Waals surface area (Å²) in [5.74, 6) is -8.80. The second-order valence-corrected chi connectivity index (χ2v) is 3.52. The quantitative estimate of drug-likeness (QED) is 0.488. The molecule has 1 atom stereocenters. The molecule has 0 saturated heterocycles. The van der Waals surface area contributed by atoms with Gasteiger partial charge in [0.25, 0.3) is 0 Å². The topological polar surface area (TPSA) is 98.7 Å². The molecule has 0 fully saturated rings. The van der Waals surface area contributed by atoms with Crippen molar-refractivity contribution >= 4 is 17.7 Å². The Balaban J connectivity index is 2.94. The van der Waals surface area contributed by atoms with E-state index in [1.807, 2.05) is 0 Å². The van der Waals surface area contributed by atoms with Gasteiger partial charge in [0.2, 0.25) is 0 Å². The standard InChI is InChI=1S/C10H8F4N2O4/c11-3-1-4(12)7(14)8(6(3)13)16-10(20)15-5(2-17)9(18)19/h1,5,17H,2H2,(H,18,19)(H2,15,16,20)/t5-/m0/s1. The van der Waals surface area contributed by atoms with E-state index >= 15 is 0 Å². The van der Waals surface area contributed by atoms with Gasteiger partial charge in [-0.15, -0.1) is 0 Å². The first kappa shape index (κ1) is 15.7. The van der Waals surface area contributed by atoms with Crippen LogP contribution in [0.1, 0.15) is 0 Å². The van der Waals surface area contributed by atoms with Crippen LogP contribution >= 0.6 is 0 Å². The van der Waals surface area contributed by atoms with Crippen molar-refractivity contribution in [2.75, 3.05) is 11.9 Å². The summed E-state index contributed by atoms with van der Waals surface area (Å²) in [6, 6.07) is -3.27. The van der Waals surface area contributed by atoms with Gasteiger partial charge in [0.1, 0.15) is 5.69 Å². The number of carboxylic acid groups (broad SMARTS) is 1. The fourth-order valence-electron chi connectivity index (χ4n) is 1.18. The molecule has 1 aromatic carbocycles. The summed E-state index contributed by atoms with van der Waals surface area (Å²) in [6.45, 7) is -0.995. The van der Waals surface area contributed by atoms with E-state index in [1.54, 1.807) is 5.32 Å². The van der Waals surface area contributed by atoms with Gasteiger partial charge in [0.05, 0.1) is 6.61 Å². The molecule has 20 heavy (non-hydrogen) atoms. The van der Waals surface area contributed by atoms with Crippen LogP contribution in [0.2, 0.25) is 0 Å². The number of aliphatic carboxylic acids is 1. The average molecular weight is 296 g/mol. The zero-order valence-electron chi connectivity index (χ0n) is 9.58. The number of aliphatic hydroxyl groups is 1. The number of urea groups is 1. The number of halogens is 4. The first-order valence-corrected chi connectivity index (χ1v) is 5.02. The van der Waals surface area contributed by atoms with Crippen LogP contribution in [0.15, 0.2) is 6.07 Å². The van der Waals surface area contributed by atoms with Crippen molar-refractivity contribution in [2.45, 2.75) is 6.04 Å². The van der Waals surface area contributed by atoms with Crippen LogP contribution in [0.4, 0.5) is 28.0 Å². The molecule has 10 heteroatoms. The van der Waals surface area contributed by atoms with Crippen molar-refractivity contribution in [3.8, 4) is 0 Å². The zero-order valence-corrected chi connectivity index (χ0v) is 9.58. The molecule has 0 heterocycles. The third-order valence-corrected chi connectivity index (χ3v) is 2.14. The molecule has 0 aliphatic heterocycles. The third-order valence-electron chi connectivity index (χ3n) is 2.14. The highest BCUT2D eigenvalue weighted by Crippen LogP contribution is 2.23. The van der Waals surface area contributed by atoms with Gasteiger partial charge < -0.3 is 20.8 Å². The number of rotatable bonds is 4. The van der Waals surface area contributed by atoms with Gasteiger partial charge >= 0.3 is 12.0 Å². The monoisotopic (exact) mass is 296 g/mol. The molecule has 4 N–H and O–H groups in total. The lowest BCUT2D eigenvalue weighted by Crippen LogP contribution is -2.45. The van der Waals surface area contributed by atoms with E-state index < -0.39 is 53.6 Å². The summed E-state index contributed by atoms with van der Waals surface area (Å²) in [4.78, 5) is 21.7. The van der Waals surface area contributed by atoms with Crippen LogP contribution in [0.5, 0.6) is 0 Å². The lowest BCUT2D eigenvalue weighted by Gasteiger charge is -2.13. The summed E-state index contributed by atoms with van der Waals surface area (Å²) < 4.78 is 52.1. The number of carboxylic acids is 1. The van der Waals surface area contributed by atoms with Crippen molar-refractivity contribution < 1.29 is 37.4 Å². The molecule has 1 aromatic rings. The number of anilines is 1. The Labute approximate surface area is 109 Å².